The number of nitrogens with one attached hydrogen (secondary N) is 1. The van der Waals surface area contributed by atoms with Gasteiger partial charge in [-0.25, -0.2) is 9.59 Å². The van der Waals surface area contributed by atoms with E-state index in [0.717, 1.165) is 0 Å². The zero-order chi connectivity index (χ0) is 14.3. The van der Waals surface area contributed by atoms with E-state index in [9.17, 15) is 14.7 Å². The largest absolute Gasteiger partial charge is 0.480 e. The summed E-state index contributed by atoms with van der Waals surface area (Å²) < 4.78 is 0. The van der Waals surface area contributed by atoms with Crippen LogP contribution in [-0.2, 0) is 4.79 Å². The number of carbonyl (C=O) groups is 2. The van der Waals surface area contributed by atoms with Crippen molar-refractivity contribution in [3.05, 3.63) is 0 Å². The Morgan fingerprint density at radius 2 is 2.00 bits per heavy atom. The average molecular weight is 278 g/mol. The number of rotatable bonds is 7. The normalized spacial score (nSPS) is 12.9. The van der Waals surface area contributed by atoms with E-state index in [2.05, 4.69) is 5.32 Å². The minimum Gasteiger partial charge on any atom is -0.480 e. The summed E-state index contributed by atoms with van der Waals surface area (Å²) in [7, 11) is 1.51. The summed E-state index contributed by atoms with van der Waals surface area (Å²) in [4.78, 5) is 24.0. The minimum absolute atomic E-state index is 0.133. The molecule has 0 rings (SSSR count). The van der Waals surface area contributed by atoms with Crippen LogP contribution in [0, 0.1) is 0 Å². The third-order valence-electron chi connectivity index (χ3n) is 2.18. The SMILES string of the molecule is CSCC[C@H](NC(=O)N(C)CC(C)(C)O)C(=O)O. The lowest BCUT2D eigenvalue weighted by Gasteiger charge is -2.27. The van der Waals surface area contributed by atoms with E-state index in [-0.39, 0.29) is 6.54 Å². The molecule has 1 atom stereocenters. The van der Waals surface area contributed by atoms with Gasteiger partial charge in [0.1, 0.15) is 6.04 Å². The highest BCUT2D eigenvalue weighted by atomic mass is 32.2. The van der Waals surface area contributed by atoms with Gasteiger partial charge in [-0.1, -0.05) is 0 Å². The van der Waals surface area contributed by atoms with Gasteiger partial charge in [-0.15, -0.1) is 0 Å². The summed E-state index contributed by atoms with van der Waals surface area (Å²) >= 11 is 1.52. The number of amides is 2. The first-order valence-electron chi connectivity index (χ1n) is 5.63. The topological polar surface area (TPSA) is 89.9 Å². The van der Waals surface area contributed by atoms with Crippen LogP contribution in [0.3, 0.4) is 0 Å². The van der Waals surface area contributed by atoms with E-state index >= 15 is 0 Å². The minimum atomic E-state index is -1.05. The summed E-state index contributed by atoms with van der Waals surface area (Å²) in [6.07, 6.45) is 2.25. The molecule has 7 heteroatoms. The van der Waals surface area contributed by atoms with Gasteiger partial charge in [0.2, 0.25) is 0 Å². The van der Waals surface area contributed by atoms with Crippen molar-refractivity contribution in [1.29, 1.82) is 0 Å². The Bertz CT molecular complexity index is 291. The lowest BCUT2D eigenvalue weighted by atomic mass is 10.1. The second kappa shape index (κ2) is 7.48. The fourth-order valence-electron chi connectivity index (χ4n) is 1.40. The van der Waals surface area contributed by atoms with Crippen molar-refractivity contribution >= 4 is 23.8 Å². The van der Waals surface area contributed by atoms with E-state index in [1.165, 1.54) is 23.7 Å². The molecule has 0 aromatic heterocycles. The molecule has 0 aliphatic rings. The highest BCUT2D eigenvalue weighted by Gasteiger charge is 2.24. The van der Waals surface area contributed by atoms with Crippen molar-refractivity contribution in [1.82, 2.24) is 10.2 Å². The predicted octanol–water partition coefficient (Wildman–Crippen LogP) is 0.605. The molecule has 0 saturated carbocycles. The number of carbonyl (C=O) groups excluding carboxylic acids is 1. The van der Waals surface area contributed by atoms with Crippen molar-refractivity contribution < 1.29 is 19.8 Å². The van der Waals surface area contributed by atoms with Gasteiger partial charge in [0, 0.05) is 7.05 Å². The number of aliphatic carboxylic acids is 1. The quantitative estimate of drug-likeness (QED) is 0.634. The number of hydrogen-bond acceptors (Lipinski definition) is 4. The van der Waals surface area contributed by atoms with Gasteiger partial charge in [0.25, 0.3) is 0 Å². The molecule has 3 N–H and O–H groups in total. The third kappa shape index (κ3) is 7.39. The van der Waals surface area contributed by atoms with Crippen LogP contribution < -0.4 is 5.32 Å². The Hall–Kier alpha value is -0.950. The molecule has 0 aromatic rings. The monoisotopic (exact) mass is 278 g/mol. The van der Waals surface area contributed by atoms with Crippen LogP contribution in [0.25, 0.3) is 0 Å². The molecule has 0 unspecified atom stereocenters. The van der Waals surface area contributed by atoms with Gasteiger partial charge in [-0.2, -0.15) is 11.8 Å². The van der Waals surface area contributed by atoms with E-state index in [1.807, 2.05) is 6.26 Å². The van der Waals surface area contributed by atoms with Crippen molar-refractivity contribution in [2.45, 2.75) is 31.9 Å². The summed E-state index contributed by atoms with van der Waals surface area (Å²) in [6, 6.07) is -1.39. The van der Waals surface area contributed by atoms with Gasteiger partial charge < -0.3 is 20.4 Å². The Labute approximate surface area is 112 Å². The van der Waals surface area contributed by atoms with Crippen molar-refractivity contribution in [2.75, 3.05) is 25.6 Å². The fourth-order valence-corrected chi connectivity index (χ4v) is 1.88. The lowest BCUT2D eigenvalue weighted by molar-refractivity contribution is -0.139. The maximum atomic E-state index is 11.7. The van der Waals surface area contributed by atoms with Gasteiger partial charge in [-0.05, 0) is 32.3 Å². The van der Waals surface area contributed by atoms with E-state index in [0.29, 0.717) is 12.2 Å². The van der Waals surface area contributed by atoms with Crippen molar-refractivity contribution in [3.63, 3.8) is 0 Å². The number of aliphatic hydroxyl groups is 1. The number of thioether (sulfide) groups is 1. The van der Waals surface area contributed by atoms with Gasteiger partial charge in [0.05, 0.1) is 12.1 Å². The second-order valence-corrected chi connectivity index (χ2v) is 5.78. The van der Waals surface area contributed by atoms with Crippen molar-refractivity contribution in [3.8, 4) is 0 Å². The van der Waals surface area contributed by atoms with Crippen LogP contribution in [0.2, 0.25) is 0 Å². The lowest BCUT2D eigenvalue weighted by Crippen LogP contribution is -2.50. The molecule has 0 radical (unpaired) electrons. The molecule has 2 amide bonds. The molecule has 0 fully saturated rings. The van der Waals surface area contributed by atoms with E-state index in [1.54, 1.807) is 13.8 Å². The summed E-state index contributed by atoms with van der Waals surface area (Å²) in [5.41, 5.74) is -1.01. The van der Waals surface area contributed by atoms with Gasteiger partial charge >= 0.3 is 12.0 Å². The first-order valence-corrected chi connectivity index (χ1v) is 7.02. The number of urea groups is 1. The fraction of sp³-hybridized carbons (Fsp3) is 0.818. The summed E-state index contributed by atoms with van der Waals surface area (Å²) in [5, 5.41) is 21.0. The van der Waals surface area contributed by atoms with Crippen LogP contribution in [0.1, 0.15) is 20.3 Å². The van der Waals surface area contributed by atoms with Crippen LogP contribution in [0.15, 0.2) is 0 Å². The van der Waals surface area contributed by atoms with Crippen LogP contribution in [0.4, 0.5) is 4.79 Å². The number of hydrogen-bond donors (Lipinski definition) is 3. The second-order valence-electron chi connectivity index (χ2n) is 4.79. The molecule has 0 spiro atoms. The van der Waals surface area contributed by atoms with E-state index < -0.39 is 23.6 Å². The average Bonchev–Trinajstić information content (AvgIpc) is 2.20. The van der Waals surface area contributed by atoms with E-state index in [4.69, 9.17) is 5.11 Å². The zero-order valence-electron chi connectivity index (χ0n) is 11.3. The maximum Gasteiger partial charge on any atom is 0.326 e. The standard InChI is InChI=1S/C11H22N2O4S/c1-11(2,17)7-13(3)10(16)12-8(9(14)15)5-6-18-4/h8,17H,5-7H2,1-4H3,(H,12,16)(H,14,15)/t8-/m0/s1. The Balaban J connectivity index is 4.36. The molecular formula is C11H22N2O4S. The summed E-state index contributed by atoms with van der Waals surface area (Å²) in [6.45, 7) is 3.30. The van der Waals surface area contributed by atoms with Gasteiger partial charge in [-0.3, -0.25) is 0 Å². The van der Waals surface area contributed by atoms with Crippen molar-refractivity contribution in [2.24, 2.45) is 0 Å². The number of carboxylic acid groups (broad SMARTS) is 1. The smallest absolute Gasteiger partial charge is 0.326 e. The molecule has 0 aliphatic carbocycles. The highest BCUT2D eigenvalue weighted by Crippen LogP contribution is 2.05. The Kier molecular flexibility index (Phi) is 7.08. The Morgan fingerprint density at radius 3 is 2.39 bits per heavy atom. The number of carboxylic acids is 1. The molecule has 0 saturated heterocycles. The molecule has 0 aromatic carbocycles. The first-order chi connectivity index (χ1) is 8.17. The molecule has 106 valence electrons. The highest BCUT2D eigenvalue weighted by molar-refractivity contribution is 7.98. The van der Waals surface area contributed by atoms with Crippen LogP contribution >= 0.6 is 11.8 Å². The molecule has 0 aliphatic heterocycles. The van der Waals surface area contributed by atoms with Gasteiger partial charge in [0.15, 0.2) is 0 Å². The third-order valence-corrected chi connectivity index (χ3v) is 2.82. The molecule has 6 nitrogen and oxygen atoms in total. The van der Waals surface area contributed by atoms with Crippen LogP contribution in [-0.4, -0.2) is 64.4 Å². The zero-order valence-corrected chi connectivity index (χ0v) is 12.1. The maximum absolute atomic E-state index is 11.7. The Morgan fingerprint density at radius 1 is 1.44 bits per heavy atom. The summed E-state index contributed by atoms with van der Waals surface area (Å²) in [5.74, 6) is -0.388. The predicted molar refractivity (Wildman–Crippen MR) is 71.9 cm³/mol. The molecular weight excluding hydrogens is 256 g/mol. The van der Waals surface area contributed by atoms with Crippen LogP contribution in [0.5, 0.6) is 0 Å². The molecule has 18 heavy (non-hydrogen) atoms. The molecule has 0 heterocycles. The number of likely N-dealkylation sites (N-methyl/N-ethyl adjacent to an activating group) is 1. The molecule has 0 bridgehead atoms. The number of nitrogens with zero attached hydrogens (tertiary/aromatic N) is 1. The first kappa shape index (κ1) is 17.1.